The molecule has 1 amide bonds. The Labute approximate surface area is 181 Å². The Morgan fingerprint density at radius 1 is 1.03 bits per heavy atom. The van der Waals surface area contributed by atoms with Crippen molar-refractivity contribution in [1.82, 2.24) is 5.32 Å². The Kier molecular flexibility index (Phi) is 8.21. The van der Waals surface area contributed by atoms with Gasteiger partial charge in [0, 0.05) is 0 Å². The van der Waals surface area contributed by atoms with Gasteiger partial charge >= 0.3 is 6.18 Å². The number of hydrogen-bond donors (Lipinski definition) is 1. The summed E-state index contributed by atoms with van der Waals surface area (Å²) >= 11 is 3.88. The van der Waals surface area contributed by atoms with Crippen molar-refractivity contribution < 1.29 is 27.4 Å². The molecule has 1 aliphatic heterocycles. The summed E-state index contributed by atoms with van der Waals surface area (Å²) in [5.41, 5.74) is 0.470. The molecule has 0 unspecified atom stereocenters. The average molecular weight is 458 g/mol. The van der Waals surface area contributed by atoms with Crippen LogP contribution in [0.15, 0.2) is 48.5 Å². The lowest BCUT2D eigenvalue weighted by Gasteiger charge is -2.21. The van der Waals surface area contributed by atoms with Crippen LogP contribution < -0.4 is 14.8 Å². The summed E-state index contributed by atoms with van der Waals surface area (Å²) in [5.74, 6) is 2.73. The molecule has 2 aromatic rings. The summed E-state index contributed by atoms with van der Waals surface area (Å²) in [7, 11) is 0. The van der Waals surface area contributed by atoms with Gasteiger partial charge in [-0.1, -0.05) is 18.2 Å². The number of ether oxygens (including phenoxy) is 2. The highest BCUT2D eigenvalue weighted by molar-refractivity contribution is 8.16. The minimum atomic E-state index is -4.42. The standard InChI is InChI=1S/C21H22F3NO3S2/c22-21(23,24)16-3-1-4-18(13-16)27-10-9-25-19(26)14-28-17-7-5-15(6-8-17)20-29-11-2-12-30-20/h1,3-8,13,20H,2,9-12,14H2,(H,25,26). The maximum absolute atomic E-state index is 12.7. The van der Waals surface area contributed by atoms with Crippen LogP contribution in [0, 0.1) is 0 Å². The molecular formula is C21H22F3NO3S2. The van der Waals surface area contributed by atoms with Gasteiger partial charge in [0.25, 0.3) is 5.91 Å². The third-order valence-corrected chi connectivity index (χ3v) is 7.22. The van der Waals surface area contributed by atoms with Crippen LogP contribution in [0.4, 0.5) is 13.2 Å². The highest BCUT2D eigenvalue weighted by Gasteiger charge is 2.30. The smallest absolute Gasteiger partial charge is 0.416 e. The van der Waals surface area contributed by atoms with Crippen LogP contribution in [0.3, 0.4) is 0 Å². The molecular weight excluding hydrogens is 435 g/mol. The Hall–Kier alpha value is -2.00. The second-order valence-electron chi connectivity index (χ2n) is 6.51. The molecule has 2 aromatic carbocycles. The molecule has 0 aliphatic carbocycles. The Morgan fingerprint density at radius 2 is 1.77 bits per heavy atom. The van der Waals surface area contributed by atoms with Crippen LogP contribution in [-0.2, 0) is 11.0 Å². The molecule has 1 heterocycles. The maximum Gasteiger partial charge on any atom is 0.416 e. The van der Waals surface area contributed by atoms with Crippen molar-refractivity contribution in [3.63, 3.8) is 0 Å². The van der Waals surface area contributed by atoms with Crippen LogP contribution in [0.2, 0.25) is 0 Å². The van der Waals surface area contributed by atoms with Crippen LogP contribution >= 0.6 is 23.5 Å². The molecule has 1 saturated heterocycles. The molecule has 9 heteroatoms. The highest BCUT2D eigenvalue weighted by atomic mass is 32.2. The van der Waals surface area contributed by atoms with Gasteiger partial charge in [0.15, 0.2) is 6.61 Å². The van der Waals surface area contributed by atoms with E-state index in [9.17, 15) is 18.0 Å². The van der Waals surface area contributed by atoms with E-state index < -0.39 is 11.7 Å². The summed E-state index contributed by atoms with van der Waals surface area (Å²) in [6.07, 6.45) is -3.18. The third-order valence-electron chi connectivity index (χ3n) is 4.20. The number of carbonyl (C=O) groups excluding carboxylic acids is 1. The fourth-order valence-electron chi connectivity index (χ4n) is 2.72. The van der Waals surface area contributed by atoms with E-state index in [1.807, 2.05) is 47.8 Å². The molecule has 0 aromatic heterocycles. The molecule has 0 radical (unpaired) electrons. The van der Waals surface area contributed by atoms with Crippen LogP contribution in [0.1, 0.15) is 22.1 Å². The van der Waals surface area contributed by atoms with E-state index >= 15 is 0 Å². The van der Waals surface area contributed by atoms with Gasteiger partial charge in [-0.15, -0.1) is 23.5 Å². The molecule has 0 atom stereocenters. The summed E-state index contributed by atoms with van der Waals surface area (Å²) in [6.45, 7) is 0.0712. The minimum absolute atomic E-state index is 0.0540. The van der Waals surface area contributed by atoms with Crippen LogP contribution in [0.25, 0.3) is 0 Å². The van der Waals surface area contributed by atoms with Crippen molar-refractivity contribution in [3.8, 4) is 11.5 Å². The predicted octanol–water partition coefficient (Wildman–Crippen LogP) is 5.15. The van der Waals surface area contributed by atoms with E-state index in [1.165, 1.54) is 35.6 Å². The molecule has 4 nitrogen and oxygen atoms in total. The number of amides is 1. The monoisotopic (exact) mass is 457 g/mol. The molecule has 162 valence electrons. The Balaban J connectivity index is 1.35. The van der Waals surface area contributed by atoms with Gasteiger partial charge in [0.1, 0.15) is 18.1 Å². The zero-order valence-electron chi connectivity index (χ0n) is 16.1. The Bertz CT molecular complexity index is 825. The number of benzene rings is 2. The number of carbonyl (C=O) groups is 1. The van der Waals surface area contributed by atoms with Gasteiger partial charge in [-0.2, -0.15) is 13.2 Å². The maximum atomic E-state index is 12.7. The number of rotatable bonds is 8. The largest absolute Gasteiger partial charge is 0.492 e. The number of thioether (sulfide) groups is 2. The first-order chi connectivity index (χ1) is 14.4. The van der Waals surface area contributed by atoms with Gasteiger partial charge in [0.05, 0.1) is 16.7 Å². The van der Waals surface area contributed by atoms with E-state index in [-0.39, 0.29) is 31.4 Å². The molecule has 0 bridgehead atoms. The SMILES string of the molecule is O=C(COc1ccc(C2SCCCS2)cc1)NCCOc1cccc(C(F)(F)F)c1. The first-order valence-electron chi connectivity index (χ1n) is 9.44. The summed E-state index contributed by atoms with van der Waals surface area (Å²) < 4.78 is 49.2. The summed E-state index contributed by atoms with van der Waals surface area (Å²) in [6, 6.07) is 12.4. The zero-order chi connectivity index (χ0) is 21.4. The van der Waals surface area contributed by atoms with Gasteiger partial charge < -0.3 is 14.8 Å². The molecule has 1 fully saturated rings. The predicted molar refractivity (Wildman–Crippen MR) is 114 cm³/mol. The van der Waals surface area contributed by atoms with Crippen molar-refractivity contribution in [2.45, 2.75) is 17.2 Å². The molecule has 30 heavy (non-hydrogen) atoms. The second kappa shape index (κ2) is 10.9. The molecule has 3 rings (SSSR count). The lowest BCUT2D eigenvalue weighted by atomic mass is 10.2. The molecule has 0 spiro atoms. The zero-order valence-corrected chi connectivity index (χ0v) is 17.7. The Morgan fingerprint density at radius 3 is 2.47 bits per heavy atom. The fraction of sp³-hybridized carbons (Fsp3) is 0.381. The molecule has 0 saturated carbocycles. The van der Waals surface area contributed by atoms with E-state index in [2.05, 4.69) is 5.32 Å². The van der Waals surface area contributed by atoms with E-state index in [4.69, 9.17) is 9.47 Å². The van der Waals surface area contributed by atoms with Crippen LogP contribution in [-0.4, -0.2) is 37.2 Å². The summed E-state index contributed by atoms with van der Waals surface area (Å²) in [4.78, 5) is 11.9. The lowest BCUT2D eigenvalue weighted by Crippen LogP contribution is -2.32. The van der Waals surface area contributed by atoms with Gasteiger partial charge in [-0.25, -0.2) is 0 Å². The number of nitrogens with one attached hydrogen (secondary N) is 1. The topological polar surface area (TPSA) is 47.6 Å². The normalized spacial score (nSPS) is 14.9. The first kappa shape index (κ1) is 22.7. The van der Waals surface area contributed by atoms with E-state index in [0.29, 0.717) is 10.3 Å². The van der Waals surface area contributed by atoms with Crippen molar-refractivity contribution in [2.24, 2.45) is 0 Å². The van der Waals surface area contributed by atoms with Gasteiger partial charge in [0.2, 0.25) is 0 Å². The minimum Gasteiger partial charge on any atom is -0.492 e. The fourth-order valence-corrected chi connectivity index (χ4v) is 5.62. The van der Waals surface area contributed by atoms with Crippen molar-refractivity contribution >= 4 is 29.4 Å². The van der Waals surface area contributed by atoms with Crippen molar-refractivity contribution in [2.75, 3.05) is 31.3 Å². The second-order valence-corrected chi connectivity index (χ2v) is 9.23. The van der Waals surface area contributed by atoms with E-state index in [1.54, 1.807) is 0 Å². The highest BCUT2D eigenvalue weighted by Crippen LogP contribution is 2.43. The number of alkyl halides is 3. The average Bonchev–Trinajstić information content (AvgIpc) is 2.76. The summed E-state index contributed by atoms with van der Waals surface area (Å²) in [5, 5.41) is 2.61. The molecule has 1 N–H and O–H groups in total. The van der Waals surface area contributed by atoms with E-state index in [0.717, 1.165) is 12.1 Å². The first-order valence-corrected chi connectivity index (χ1v) is 11.5. The van der Waals surface area contributed by atoms with Crippen molar-refractivity contribution in [3.05, 3.63) is 59.7 Å². The molecule has 1 aliphatic rings. The van der Waals surface area contributed by atoms with Crippen molar-refractivity contribution in [1.29, 1.82) is 0 Å². The lowest BCUT2D eigenvalue weighted by molar-refractivity contribution is -0.137. The van der Waals surface area contributed by atoms with Gasteiger partial charge in [-0.05, 0) is 53.8 Å². The number of hydrogen-bond acceptors (Lipinski definition) is 5. The van der Waals surface area contributed by atoms with Crippen LogP contribution in [0.5, 0.6) is 11.5 Å². The number of halogens is 3. The third kappa shape index (κ3) is 7.05. The van der Waals surface area contributed by atoms with Gasteiger partial charge in [-0.3, -0.25) is 4.79 Å². The quantitative estimate of drug-likeness (QED) is 0.556.